The predicted octanol–water partition coefficient (Wildman–Crippen LogP) is 1.26. The van der Waals surface area contributed by atoms with Crippen molar-refractivity contribution >= 4 is 16.9 Å². The number of H-pyrrole nitrogens is 1. The Morgan fingerprint density at radius 2 is 2.11 bits per heavy atom. The van der Waals surface area contributed by atoms with E-state index in [9.17, 15) is 9.59 Å². The van der Waals surface area contributed by atoms with Crippen LogP contribution in [0.3, 0.4) is 0 Å². The topological polar surface area (TPSA) is 72.1 Å². The molecule has 0 aliphatic rings. The molecule has 0 aliphatic heterocycles. The number of hydrogen-bond donors (Lipinski definition) is 1. The van der Waals surface area contributed by atoms with Crippen LogP contribution in [0.25, 0.3) is 10.9 Å². The fourth-order valence-corrected chi connectivity index (χ4v) is 1.87. The monoisotopic (exact) mass is 246 g/mol. The highest BCUT2D eigenvalue weighted by molar-refractivity contribution is 5.82. The highest BCUT2D eigenvalue weighted by atomic mass is 16.5. The van der Waals surface area contributed by atoms with E-state index in [0.29, 0.717) is 16.7 Å². The number of methoxy groups -OCH3 is 1. The van der Waals surface area contributed by atoms with Crippen molar-refractivity contribution in [1.29, 1.82) is 0 Å². The largest absolute Gasteiger partial charge is 0.469 e. The molecule has 0 fully saturated rings. The molecule has 0 spiro atoms. The summed E-state index contributed by atoms with van der Waals surface area (Å²) in [4.78, 5) is 30.0. The Kier molecular flexibility index (Phi) is 3.14. The van der Waals surface area contributed by atoms with Crippen molar-refractivity contribution in [1.82, 2.24) is 9.97 Å². The normalized spacial score (nSPS) is 10.6. The summed E-state index contributed by atoms with van der Waals surface area (Å²) in [5.41, 5.74) is 2.15. The molecule has 0 bridgehead atoms. The van der Waals surface area contributed by atoms with Gasteiger partial charge in [-0.2, -0.15) is 0 Å². The average Bonchev–Trinajstić information content (AvgIpc) is 2.30. The van der Waals surface area contributed by atoms with E-state index >= 15 is 0 Å². The summed E-state index contributed by atoms with van der Waals surface area (Å²) in [5, 5.41) is 0.491. The summed E-state index contributed by atoms with van der Waals surface area (Å²) >= 11 is 0. The quantitative estimate of drug-likeness (QED) is 0.809. The van der Waals surface area contributed by atoms with Crippen molar-refractivity contribution in [3.63, 3.8) is 0 Å². The van der Waals surface area contributed by atoms with Gasteiger partial charge < -0.3 is 9.72 Å². The lowest BCUT2D eigenvalue weighted by atomic mass is 10.0. The summed E-state index contributed by atoms with van der Waals surface area (Å²) in [6.45, 7) is 3.62. The number of hydrogen-bond acceptors (Lipinski definition) is 4. The molecule has 94 valence electrons. The second kappa shape index (κ2) is 4.60. The van der Waals surface area contributed by atoms with Gasteiger partial charge in [-0.05, 0) is 37.1 Å². The van der Waals surface area contributed by atoms with Gasteiger partial charge in [-0.15, -0.1) is 0 Å². The molecular formula is C13H14N2O3. The molecule has 0 radical (unpaired) electrons. The number of ether oxygens (including phenoxy) is 1. The maximum atomic E-state index is 11.8. The average molecular weight is 246 g/mol. The maximum absolute atomic E-state index is 11.8. The zero-order valence-electron chi connectivity index (χ0n) is 10.5. The number of carbonyl (C=O) groups excluding carboxylic acids is 1. The lowest BCUT2D eigenvalue weighted by molar-refractivity contribution is -0.139. The van der Waals surface area contributed by atoms with Crippen molar-refractivity contribution < 1.29 is 9.53 Å². The molecule has 2 rings (SSSR count). The smallest absolute Gasteiger partial charge is 0.309 e. The molecule has 2 aromatic rings. The zero-order valence-corrected chi connectivity index (χ0v) is 10.5. The van der Waals surface area contributed by atoms with Crippen LogP contribution in [0, 0.1) is 13.8 Å². The Hall–Kier alpha value is -2.17. The second-order valence-corrected chi connectivity index (χ2v) is 4.20. The van der Waals surface area contributed by atoms with E-state index in [1.54, 1.807) is 13.0 Å². The Morgan fingerprint density at radius 1 is 1.39 bits per heavy atom. The van der Waals surface area contributed by atoms with E-state index in [2.05, 4.69) is 14.7 Å². The Bertz CT molecular complexity index is 674. The number of fused-ring (bicyclic) bond motifs is 1. The van der Waals surface area contributed by atoms with Crippen LogP contribution in [0.15, 0.2) is 16.9 Å². The molecule has 0 saturated carbocycles. The highest BCUT2D eigenvalue weighted by Crippen LogP contribution is 2.16. The number of nitrogens with zero attached hydrogens (tertiary/aromatic N) is 1. The first kappa shape index (κ1) is 12.3. The molecule has 1 aromatic carbocycles. The van der Waals surface area contributed by atoms with Gasteiger partial charge >= 0.3 is 5.97 Å². The number of carbonyl (C=O) groups is 1. The minimum atomic E-state index is -0.325. The minimum Gasteiger partial charge on any atom is -0.469 e. The molecule has 1 aromatic heterocycles. The van der Waals surface area contributed by atoms with Gasteiger partial charge in [-0.1, -0.05) is 0 Å². The van der Waals surface area contributed by atoms with Gasteiger partial charge in [-0.3, -0.25) is 9.59 Å². The van der Waals surface area contributed by atoms with Crippen LogP contribution in [-0.2, 0) is 16.0 Å². The van der Waals surface area contributed by atoms with Gasteiger partial charge in [0.15, 0.2) is 0 Å². The van der Waals surface area contributed by atoms with Gasteiger partial charge in [0.1, 0.15) is 5.82 Å². The van der Waals surface area contributed by atoms with Gasteiger partial charge in [-0.25, -0.2) is 4.98 Å². The lowest BCUT2D eigenvalue weighted by Gasteiger charge is -2.07. The molecule has 0 aliphatic carbocycles. The molecule has 0 unspecified atom stereocenters. The first-order valence-corrected chi connectivity index (χ1v) is 5.58. The molecule has 0 saturated heterocycles. The van der Waals surface area contributed by atoms with E-state index < -0.39 is 0 Å². The third kappa shape index (κ3) is 2.25. The zero-order chi connectivity index (χ0) is 13.3. The van der Waals surface area contributed by atoms with Gasteiger partial charge in [0.25, 0.3) is 5.56 Å². The van der Waals surface area contributed by atoms with Crippen LogP contribution in [-0.4, -0.2) is 23.0 Å². The summed E-state index contributed by atoms with van der Waals surface area (Å²) in [5.74, 6) is 0.251. The standard InChI is InChI=1S/C13H14N2O3/c1-7-4-11-10(13(17)15-8(2)14-11)5-9(7)6-12(16)18-3/h4-5H,6H2,1-3H3,(H,14,15,17). The Balaban J connectivity index is 2.61. The third-order valence-electron chi connectivity index (χ3n) is 2.84. The van der Waals surface area contributed by atoms with Crippen molar-refractivity contribution in [3.8, 4) is 0 Å². The van der Waals surface area contributed by atoms with E-state index in [1.165, 1.54) is 7.11 Å². The van der Waals surface area contributed by atoms with Crippen LogP contribution in [0.2, 0.25) is 0 Å². The second-order valence-electron chi connectivity index (χ2n) is 4.20. The lowest BCUT2D eigenvalue weighted by Crippen LogP contribution is -2.12. The van der Waals surface area contributed by atoms with Crippen LogP contribution in [0.5, 0.6) is 0 Å². The number of aryl methyl sites for hydroxylation is 2. The number of aromatic amines is 1. The van der Waals surface area contributed by atoms with E-state index in [4.69, 9.17) is 0 Å². The third-order valence-corrected chi connectivity index (χ3v) is 2.84. The van der Waals surface area contributed by atoms with Crippen LogP contribution >= 0.6 is 0 Å². The predicted molar refractivity (Wildman–Crippen MR) is 67.6 cm³/mol. The fraction of sp³-hybridized carbons (Fsp3) is 0.308. The number of aromatic nitrogens is 2. The van der Waals surface area contributed by atoms with Gasteiger partial charge in [0.05, 0.1) is 24.4 Å². The van der Waals surface area contributed by atoms with Gasteiger partial charge in [0.2, 0.25) is 0 Å². The number of nitrogens with one attached hydrogen (secondary N) is 1. The maximum Gasteiger partial charge on any atom is 0.309 e. The minimum absolute atomic E-state index is 0.158. The summed E-state index contributed by atoms with van der Waals surface area (Å²) in [6, 6.07) is 3.52. The summed E-state index contributed by atoms with van der Waals surface area (Å²) in [6.07, 6.45) is 0.158. The van der Waals surface area contributed by atoms with E-state index in [1.807, 2.05) is 13.0 Å². The Labute approximate surface area is 104 Å². The molecule has 0 amide bonds. The van der Waals surface area contributed by atoms with Gasteiger partial charge in [0, 0.05) is 0 Å². The number of esters is 1. The van der Waals surface area contributed by atoms with Crippen molar-refractivity contribution in [3.05, 3.63) is 39.4 Å². The summed E-state index contributed by atoms with van der Waals surface area (Å²) < 4.78 is 4.63. The van der Waals surface area contributed by atoms with Crippen molar-refractivity contribution in [2.45, 2.75) is 20.3 Å². The summed E-state index contributed by atoms with van der Waals surface area (Å²) in [7, 11) is 1.34. The number of rotatable bonds is 2. The van der Waals surface area contributed by atoms with Crippen LogP contribution in [0.4, 0.5) is 0 Å². The van der Waals surface area contributed by atoms with Crippen molar-refractivity contribution in [2.75, 3.05) is 7.11 Å². The molecule has 5 nitrogen and oxygen atoms in total. The fourth-order valence-electron chi connectivity index (χ4n) is 1.87. The van der Waals surface area contributed by atoms with E-state index in [-0.39, 0.29) is 17.9 Å². The SMILES string of the molecule is COC(=O)Cc1cc2c(=O)[nH]c(C)nc2cc1C. The van der Waals surface area contributed by atoms with Crippen LogP contribution in [0.1, 0.15) is 17.0 Å². The van der Waals surface area contributed by atoms with E-state index in [0.717, 1.165) is 11.1 Å². The first-order chi connectivity index (χ1) is 8.51. The molecular weight excluding hydrogens is 232 g/mol. The molecule has 5 heteroatoms. The van der Waals surface area contributed by atoms with Crippen LogP contribution < -0.4 is 5.56 Å². The molecule has 1 heterocycles. The highest BCUT2D eigenvalue weighted by Gasteiger charge is 2.10. The molecule has 1 N–H and O–H groups in total. The Morgan fingerprint density at radius 3 is 2.78 bits per heavy atom. The molecule has 0 atom stereocenters. The van der Waals surface area contributed by atoms with Crippen molar-refractivity contribution in [2.24, 2.45) is 0 Å². The first-order valence-electron chi connectivity index (χ1n) is 5.58. The number of benzene rings is 1. The molecule has 18 heavy (non-hydrogen) atoms.